The molecule has 0 aliphatic heterocycles. The van der Waals surface area contributed by atoms with Crippen molar-refractivity contribution < 1.29 is 9.47 Å². The smallest absolute Gasteiger partial charge is 0.121 e. The molecule has 1 N–H and O–H groups in total. The molecule has 0 aliphatic rings. The third-order valence-electron chi connectivity index (χ3n) is 1.94. The molecular formula is C11H16BrNO2. The molecule has 0 heterocycles. The minimum atomic E-state index is 0.708. The van der Waals surface area contributed by atoms with Gasteiger partial charge >= 0.3 is 0 Å². The van der Waals surface area contributed by atoms with Gasteiger partial charge in [-0.15, -0.1) is 0 Å². The maximum atomic E-state index is 5.24. The van der Waals surface area contributed by atoms with Crippen LogP contribution in [0.1, 0.15) is 6.92 Å². The molecule has 0 aromatic heterocycles. The van der Waals surface area contributed by atoms with Crippen LogP contribution in [0, 0.1) is 0 Å². The Bertz CT molecular complexity index is 305. The van der Waals surface area contributed by atoms with Crippen LogP contribution in [0.25, 0.3) is 0 Å². The minimum absolute atomic E-state index is 0.708. The first-order chi connectivity index (χ1) is 7.27. The molecule has 0 bridgehead atoms. The molecule has 0 radical (unpaired) electrons. The van der Waals surface area contributed by atoms with Gasteiger partial charge in [0.1, 0.15) is 5.75 Å². The summed E-state index contributed by atoms with van der Waals surface area (Å²) in [7, 11) is 1.66. The third-order valence-corrected chi connectivity index (χ3v) is 2.63. The van der Waals surface area contributed by atoms with Gasteiger partial charge in [0, 0.05) is 23.7 Å². The second kappa shape index (κ2) is 6.69. The number of nitrogens with one attached hydrogen (secondary N) is 1. The summed E-state index contributed by atoms with van der Waals surface area (Å²) in [5, 5.41) is 3.27. The molecule has 1 rings (SSSR count). The Morgan fingerprint density at radius 2 is 2.20 bits per heavy atom. The maximum Gasteiger partial charge on any atom is 0.121 e. The Morgan fingerprint density at radius 3 is 2.87 bits per heavy atom. The van der Waals surface area contributed by atoms with Crippen molar-refractivity contribution in [2.24, 2.45) is 0 Å². The SMILES string of the molecule is CCOCCNc1cc(OC)ccc1Br. The van der Waals surface area contributed by atoms with Gasteiger partial charge in [-0.05, 0) is 35.0 Å². The van der Waals surface area contributed by atoms with Gasteiger partial charge in [0.05, 0.1) is 19.4 Å². The summed E-state index contributed by atoms with van der Waals surface area (Å²) in [5.41, 5.74) is 1.02. The summed E-state index contributed by atoms with van der Waals surface area (Å²) in [4.78, 5) is 0. The normalized spacial score (nSPS) is 10.1. The molecule has 84 valence electrons. The highest BCUT2D eigenvalue weighted by Crippen LogP contribution is 2.26. The van der Waals surface area contributed by atoms with Crippen LogP contribution in [0.15, 0.2) is 22.7 Å². The number of benzene rings is 1. The first kappa shape index (κ1) is 12.3. The van der Waals surface area contributed by atoms with E-state index >= 15 is 0 Å². The number of rotatable bonds is 6. The van der Waals surface area contributed by atoms with Crippen molar-refractivity contribution in [2.45, 2.75) is 6.92 Å². The Labute approximate surface area is 98.9 Å². The molecule has 0 amide bonds. The lowest BCUT2D eigenvalue weighted by Gasteiger charge is -2.10. The minimum Gasteiger partial charge on any atom is -0.497 e. The molecule has 0 unspecified atom stereocenters. The van der Waals surface area contributed by atoms with Gasteiger partial charge in [0.2, 0.25) is 0 Å². The lowest BCUT2D eigenvalue weighted by atomic mass is 10.3. The average molecular weight is 274 g/mol. The number of halogens is 1. The van der Waals surface area contributed by atoms with Crippen molar-refractivity contribution in [3.63, 3.8) is 0 Å². The molecule has 1 aromatic carbocycles. The van der Waals surface area contributed by atoms with Crippen molar-refractivity contribution in [2.75, 3.05) is 32.2 Å². The van der Waals surface area contributed by atoms with E-state index in [4.69, 9.17) is 9.47 Å². The van der Waals surface area contributed by atoms with Gasteiger partial charge in [-0.2, -0.15) is 0 Å². The zero-order valence-corrected chi connectivity index (χ0v) is 10.6. The molecule has 0 saturated heterocycles. The molecule has 0 fully saturated rings. The van der Waals surface area contributed by atoms with E-state index in [1.54, 1.807) is 7.11 Å². The van der Waals surface area contributed by atoms with Crippen LogP contribution < -0.4 is 10.1 Å². The predicted molar refractivity (Wildman–Crippen MR) is 65.7 cm³/mol. The fraction of sp³-hybridized carbons (Fsp3) is 0.455. The number of hydrogen-bond donors (Lipinski definition) is 1. The van der Waals surface area contributed by atoms with Crippen LogP contribution in [0.3, 0.4) is 0 Å². The van der Waals surface area contributed by atoms with E-state index in [0.29, 0.717) is 6.61 Å². The molecule has 0 atom stereocenters. The molecule has 0 saturated carbocycles. The van der Waals surface area contributed by atoms with Crippen LogP contribution in [-0.2, 0) is 4.74 Å². The van der Waals surface area contributed by atoms with Crippen LogP contribution in [0.2, 0.25) is 0 Å². The topological polar surface area (TPSA) is 30.5 Å². The van der Waals surface area contributed by atoms with E-state index in [9.17, 15) is 0 Å². The van der Waals surface area contributed by atoms with E-state index in [1.165, 1.54) is 0 Å². The monoisotopic (exact) mass is 273 g/mol. The first-order valence-corrected chi connectivity index (χ1v) is 5.72. The van der Waals surface area contributed by atoms with Gasteiger partial charge < -0.3 is 14.8 Å². The summed E-state index contributed by atoms with van der Waals surface area (Å²) < 4.78 is 11.4. The number of anilines is 1. The molecule has 15 heavy (non-hydrogen) atoms. The summed E-state index contributed by atoms with van der Waals surface area (Å²) in [6, 6.07) is 5.83. The summed E-state index contributed by atoms with van der Waals surface area (Å²) in [6.45, 7) is 4.24. The quantitative estimate of drug-likeness (QED) is 0.809. The zero-order chi connectivity index (χ0) is 11.1. The second-order valence-electron chi connectivity index (χ2n) is 2.97. The Balaban J connectivity index is 2.51. The molecular weight excluding hydrogens is 258 g/mol. The Kier molecular flexibility index (Phi) is 5.50. The largest absolute Gasteiger partial charge is 0.497 e. The molecule has 3 nitrogen and oxygen atoms in total. The first-order valence-electron chi connectivity index (χ1n) is 4.93. The zero-order valence-electron chi connectivity index (χ0n) is 9.05. The van der Waals surface area contributed by atoms with E-state index in [2.05, 4.69) is 21.2 Å². The van der Waals surface area contributed by atoms with Gasteiger partial charge in [-0.1, -0.05) is 0 Å². The number of methoxy groups -OCH3 is 1. The van der Waals surface area contributed by atoms with Crippen LogP contribution in [0.4, 0.5) is 5.69 Å². The van der Waals surface area contributed by atoms with E-state index in [-0.39, 0.29) is 0 Å². The lowest BCUT2D eigenvalue weighted by molar-refractivity contribution is 0.158. The summed E-state index contributed by atoms with van der Waals surface area (Å²) in [5.74, 6) is 0.845. The lowest BCUT2D eigenvalue weighted by Crippen LogP contribution is -2.09. The fourth-order valence-corrected chi connectivity index (χ4v) is 1.56. The number of ether oxygens (including phenoxy) is 2. The van der Waals surface area contributed by atoms with Crippen LogP contribution >= 0.6 is 15.9 Å². The van der Waals surface area contributed by atoms with Gasteiger partial charge in [0.15, 0.2) is 0 Å². The standard InChI is InChI=1S/C11H16BrNO2/c1-3-15-7-6-13-11-8-9(14-2)4-5-10(11)12/h4-5,8,13H,3,6-7H2,1-2H3. The fourth-order valence-electron chi connectivity index (χ4n) is 1.17. The third kappa shape index (κ3) is 4.10. The highest BCUT2D eigenvalue weighted by atomic mass is 79.9. The van der Waals surface area contributed by atoms with Gasteiger partial charge in [0.25, 0.3) is 0 Å². The molecule has 1 aromatic rings. The summed E-state index contributed by atoms with van der Waals surface area (Å²) >= 11 is 3.47. The molecule has 0 spiro atoms. The van der Waals surface area contributed by atoms with E-state index < -0.39 is 0 Å². The van der Waals surface area contributed by atoms with Crippen LogP contribution in [0.5, 0.6) is 5.75 Å². The van der Waals surface area contributed by atoms with Crippen molar-refractivity contribution in [3.8, 4) is 5.75 Å². The van der Waals surface area contributed by atoms with E-state index in [0.717, 1.165) is 29.1 Å². The van der Waals surface area contributed by atoms with Crippen molar-refractivity contribution in [3.05, 3.63) is 22.7 Å². The number of hydrogen-bond acceptors (Lipinski definition) is 3. The Morgan fingerprint density at radius 1 is 1.40 bits per heavy atom. The maximum absolute atomic E-state index is 5.24. The van der Waals surface area contributed by atoms with Crippen molar-refractivity contribution in [1.29, 1.82) is 0 Å². The van der Waals surface area contributed by atoms with Crippen molar-refractivity contribution in [1.82, 2.24) is 0 Å². The highest BCUT2D eigenvalue weighted by Gasteiger charge is 2.00. The van der Waals surface area contributed by atoms with Crippen molar-refractivity contribution >= 4 is 21.6 Å². The molecule has 0 aliphatic carbocycles. The molecule has 4 heteroatoms. The van der Waals surface area contributed by atoms with Gasteiger partial charge in [-0.25, -0.2) is 0 Å². The average Bonchev–Trinajstić information content (AvgIpc) is 2.26. The Hall–Kier alpha value is -0.740. The second-order valence-corrected chi connectivity index (χ2v) is 3.82. The van der Waals surface area contributed by atoms with Gasteiger partial charge in [-0.3, -0.25) is 0 Å². The van der Waals surface area contributed by atoms with E-state index in [1.807, 2.05) is 25.1 Å². The van der Waals surface area contributed by atoms with Crippen LogP contribution in [-0.4, -0.2) is 26.9 Å². The highest BCUT2D eigenvalue weighted by molar-refractivity contribution is 9.10. The predicted octanol–water partition coefficient (Wildman–Crippen LogP) is 2.91. The summed E-state index contributed by atoms with van der Waals surface area (Å²) in [6.07, 6.45) is 0.